The molecule has 0 radical (unpaired) electrons. The van der Waals surface area contributed by atoms with Crippen molar-refractivity contribution in [2.75, 3.05) is 0 Å². The van der Waals surface area contributed by atoms with Crippen molar-refractivity contribution in [1.82, 2.24) is 0 Å². The van der Waals surface area contributed by atoms with E-state index in [0.717, 1.165) is 6.07 Å². The molecule has 1 aromatic carbocycles. The quantitative estimate of drug-likeness (QED) is 0.454. The molecule has 78 valence electrons. The van der Waals surface area contributed by atoms with E-state index >= 15 is 0 Å². The molecule has 0 saturated carbocycles. The second-order valence-electron chi connectivity index (χ2n) is 2.39. The first-order valence-electron chi connectivity index (χ1n) is 3.37. The molecule has 0 heterocycles. The molecule has 0 aromatic heterocycles. The molecule has 0 aliphatic heterocycles. The molecule has 7 heteroatoms. The molecule has 0 fully saturated rings. The maximum Gasteiger partial charge on any atom is 0.256 e. The van der Waals surface area contributed by atoms with E-state index in [1.54, 1.807) is 0 Å². The SMILES string of the molecule is N#Cc1c(F)c(F)c(Br)c(C(=O)Cl)c1F. The van der Waals surface area contributed by atoms with Crippen LogP contribution in [0.15, 0.2) is 4.47 Å². The Morgan fingerprint density at radius 3 is 2.20 bits per heavy atom. The number of rotatable bonds is 1. The van der Waals surface area contributed by atoms with Crippen molar-refractivity contribution < 1.29 is 18.0 Å². The molecule has 0 aliphatic rings. The van der Waals surface area contributed by atoms with E-state index in [-0.39, 0.29) is 0 Å². The molecule has 1 rings (SSSR count). The van der Waals surface area contributed by atoms with Gasteiger partial charge >= 0.3 is 0 Å². The molecular weight excluding hydrogens is 298 g/mol. The van der Waals surface area contributed by atoms with Gasteiger partial charge < -0.3 is 0 Å². The lowest BCUT2D eigenvalue weighted by atomic mass is 10.1. The van der Waals surface area contributed by atoms with Crippen molar-refractivity contribution in [1.29, 1.82) is 5.26 Å². The van der Waals surface area contributed by atoms with Gasteiger partial charge in [-0.3, -0.25) is 4.79 Å². The highest BCUT2D eigenvalue weighted by Gasteiger charge is 2.26. The summed E-state index contributed by atoms with van der Waals surface area (Å²) in [6, 6.07) is 1.11. The molecule has 0 N–H and O–H groups in total. The van der Waals surface area contributed by atoms with Crippen LogP contribution in [0.5, 0.6) is 0 Å². The van der Waals surface area contributed by atoms with Crippen LogP contribution in [0.1, 0.15) is 15.9 Å². The fraction of sp³-hybridized carbons (Fsp3) is 0. The molecule has 0 unspecified atom stereocenters. The van der Waals surface area contributed by atoms with E-state index in [0.29, 0.717) is 0 Å². The van der Waals surface area contributed by atoms with E-state index < -0.39 is 38.3 Å². The zero-order chi connectivity index (χ0) is 11.7. The molecule has 0 saturated heterocycles. The summed E-state index contributed by atoms with van der Waals surface area (Å²) in [4.78, 5) is 10.7. The zero-order valence-corrected chi connectivity index (χ0v) is 9.09. The lowest BCUT2D eigenvalue weighted by Gasteiger charge is -2.05. The number of hydrogen-bond donors (Lipinski definition) is 0. The summed E-state index contributed by atoms with van der Waals surface area (Å²) in [6.07, 6.45) is 0. The zero-order valence-electron chi connectivity index (χ0n) is 6.75. The molecule has 0 bridgehead atoms. The van der Waals surface area contributed by atoms with Crippen LogP contribution in [0.2, 0.25) is 0 Å². The molecule has 15 heavy (non-hydrogen) atoms. The normalized spacial score (nSPS) is 9.87. The number of hydrogen-bond acceptors (Lipinski definition) is 2. The summed E-state index contributed by atoms with van der Waals surface area (Å²) >= 11 is 7.44. The number of nitrogens with zero attached hydrogens (tertiary/aromatic N) is 1. The van der Waals surface area contributed by atoms with Gasteiger partial charge in [-0.05, 0) is 27.5 Å². The summed E-state index contributed by atoms with van der Waals surface area (Å²) < 4.78 is 38.5. The van der Waals surface area contributed by atoms with Gasteiger partial charge in [-0.15, -0.1) is 0 Å². The lowest BCUT2D eigenvalue weighted by molar-refractivity contribution is 0.107. The van der Waals surface area contributed by atoms with Crippen molar-refractivity contribution in [2.45, 2.75) is 0 Å². The molecule has 0 atom stereocenters. The highest BCUT2D eigenvalue weighted by atomic mass is 79.9. The highest BCUT2D eigenvalue weighted by Crippen LogP contribution is 2.30. The number of nitriles is 1. The van der Waals surface area contributed by atoms with Gasteiger partial charge in [0, 0.05) is 0 Å². The van der Waals surface area contributed by atoms with Crippen LogP contribution in [0.25, 0.3) is 0 Å². The van der Waals surface area contributed by atoms with Crippen molar-refractivity contribution in [3.8, 4) is 6.07 Å². The van der Waals surface area contributed by atoms with Crippen LogP contribution in [0, 0.1) is 28.8 Å². The van der Waals surface area contributed by atoms with Gasteiger partial charge in [0.05, 0.1) is 10.0 Å². The van der Waals surface area contributed by atoms with Gasteiger partial charge in [-0.25, -0.2) is 13.2 Å². The molecule has 1 aromatic rings. The minimum Gasteiger partial charge on any atom is -0.275 e. The summed E-state index contributed by atoms with van der Waals surface area (Å²) in [7, 11) is 0. The largest absolute Gasteiger partial charge is 0.275 e. The van der Waals surface area contributed by atoms with E-state index in [9.17, 15) is 18.0 Å². The van der Waals surface area contributed by atoms with Crippen LogP contribution in [0.3, 0.4) is 0 Å². The Balaban J connectivity index is 3.78. The Hall–Kier alpha value is -1.06. The van der Waals surface area contributed by atoms with Crippen LogP contribution >= 0.6 is 27.5 Å². The average Bonchev–Trinajstić information content (AvgIpc) is 2.15. The van der Waals surface area contributed by atoms with Crippen molar-refractivity contribution in [3.63, 3.8) is 0 Å². The van der Waals surface area contributed by atoms with Gasteiger partial charge in [0.1, 0.15) is 11.6 Å². The monoisotopic (exact) mass is 297 g/mol. The van der Waals surface area contributed by atoms with E-state index in [1.165, 1.54) is 0 Å². The van der Waals surface area contributed by atoms with Gasteiger partial charge in [0.15, 0.2) is 17.5 Å². The predicted octanol–water partition coefficient (Wildman–Crippen LogP) is 3.12. The standard InChI is InChI=1S/C8BrClF3NO/c9-4-3(8(10)15)5(11)2(1-14)6(12)7(4)13. The van der Waals surface area contributed by atoms with Gasteiger partial charge in [0.2, 0.25) is 0 Å². The average molecular weight is 298 g/mol. The summed E-state index contributed by atoms with van der Waals surface area (Å²) in [6.45, 7) is 0. The first-order valence-corrected chi connectivity index (χ1v) is 4.54. The third-order valence-electron chi connectivity index (χ3n) is 1.57. The van der Waals surface area contributed by atoms with Crippen LogP contribution in [-0.4, -0.2) is 5.24 Å². The fourth-order valence-electron chi connectivity index (χ4n) is 0.904. The Morgan fingerprint density at radius 1 is 1.27 bits per heavy atom. The van der Waals surface area contributed by atoms with Gasteiger partial charge in [-0.1, -0.05) is 0 Å². The molecule has 0 amide bonds. The van der Waals surface area contributed by atoms with Gasteiger partial charge in [-0.2, -0.15) is 5.26 Å². The molecule has 2 nitrogen and oxygen atoms in total. The van der Waals surface area contributed by atoms with Gasteiger partial charge in [0.25, 0.3) is 5.24 Å². The number of halogens is 5. The van der Waals surface area contributed by atoms with Crippen LogP contribution < -0.4 is 0 Å². The molecule has 0 spiro atoms. The number of benzene rings is 1. The van der Waals surface area contributed by atoms with Crippen molar-refractivity contribution in [3.05, 3.63) is 33.1 Å². The highest BCUT2D eigenvalue weighted by molar-refractivity contribution is 9.10. The lowest BCUT2D eigenvalue weighted by Crippen LogP contribution is -2.06. The fourth-order valence-corrected chi connectivity index (χ4v) is 1.72. The third kappa shape index (κ3) is 1.85. The Labute approximate surface area is 95.4 Å². The Kier molecular flexibility index (Phi) is 3.37. The van der Waals surface area contributed by atoms with Crippen molar-refractivity contribution >= 4 is 32.8 Å². The summed E-state index contributed by atoms with van der Waals surface area (Å²) in [5.41, 5.74) is -2.08. The Morgan fingerprint density at radius 2 is 1.80 bits per heavy atom. The molecule has 0 aliphatic carbocycles. The predicted molar refractivity (Wildman–Crippen MR) is 48.9 cm³/mol. The second-order valence-corrected chi connectivity index (χ2v) is 3.53. The Bertz CT molecular complexity index is 498. The topological polar surface area (TPSA) is 40.9 Å². The first-order chi connectivity index (χ1) is 6.91. The maximum atomic E-state index is 13.3. The minimum absolute atomic E-state index is 0.739. The number of carbonyl (C=O) groups is 1. The molecular formula is C8BrClF3NO. The smallest absolute Gasteiger partial charge is 0.256 e. The van der Waals surface area contributed by atoms with E-state index in [1.807, 2.05) is 0 Å². The third-order valence-corrected chi connectivity index (χ3v) is 2.51. The van der Waals surface area contributed by atoms with E-state index in [4.69, 9.17) is 16.9 Å². The maximum absolute atomic E-state index is 13.3. The summed E-state index contributed by atoms with van der Waals surface area (Å²) in [5, 5.41) is 7.03. The number of carbonyl (C=O) groups excluding carboxylic acids is 1. The van der Waals surface area contributed by atoms with E-state index in [2.05, 4.69) is 15.9 Å². The minimum atomic E-state index is -1.66. The summed E-state index contributed by atoms with van der Waals surface area (Å²) in [5.74, 6) is -4.68. The van der Waals surface area contributed by atoms with Crippen LogP contribution in [-0.2, 0) is 0 Å². The van der Waals surface area contributed by atoms with Crippen LogP contribution in [0.4, 0.5) is 13.2 Å². The van der Waals surface area contributed by atoms with Crippen molar-refractivity contribution in [2.24, 2.45) is 0 Å². The second kappa shape index (κ2) is 4.21. The first kappa shape index (κ1) is 12.0.